The summed E-state index contributed by atoms with van der Waals surface area (Å²) >= 11 is 0. The van der Waals surface area contributed by atoms with Gasteiger partial charge in [0.05, 0.1) is 25.9 Å². The van der Waals surface area contributed by atoms with Gasteiger partial charge in [0.25, 0.3) is 0 Å². The normalized spacial score (nSPS) is 34.5. The lowest BCUT2D eigenvalue weighted by Gasteiger charge is -2.37. The maximum atomic E-state index is 11.0. The molecule has 2 unspecified atom stereocenters. The van der Waals surface area contributed by atoms with E-state index in [0.717, 1.165) is 31.2 Å². The predicted molar refractivity (Wildman–Crippen MR) is 80.4 cm³/mol. The number of aliphatic hydroxyl groups is 1. The molecule has 2 nitrogen and oxygen atoms in total. The Morgan fingerprint density at radius 2 is 1.79 bits per heavy atom. The van der Waals surface area contributed by atoms with E-state index in [0.29, 0.717) is 0 Å². The van der Waals surface area contributed by atoms with Gasteiger partial charge in [-0.1, -0.05) is 49.1 Å². The quantitative estimate of drug-likeness (QED) is 0.842. The second-order valence-electron chi connectivity index (χ2n) is 7.23. The fourth-order valence-electron chi connectivity index (χ4n) is 3.43. The highest BCUT2D eigenvalue weighted by atomic mass is 28.3. The molecule has 2 aliphatic rings. The van der Waals surface area contributed by atoms with Crippen molar-refractivity contribution in [3.05, 3.63) is 29.8 Å². The van der Waals surface area contributed by atoms with Crippen molar-refractivity contribution in [3.8, 4) is 0 Å². The topological polar surface area (TPSA) is 29.5 Å². The van der Waals surface area contributed by atoms with Gasteiger partial charge in [-0.25, -0.2) is 0 Å². The van der Waals surface area contributed by atoms with Gasteiger partial charge >= 0.3 is 0 Å². The van der Waals surface area contributed by atoms with Gasteiger partial charge in [-0.2, -0.15) is 0 Å². The van der Waals surface area contributed by atoms with Crippen LogP contribution in [-0.2, 0) is 10.3 Å². The zero-order valence-electron chi connectivity index (χ0n) is 12.1. The van der Waals surface area contributed by atoms with Crippen LogP contribution in [0, 0.1) is 0 Å². The third-order valence-electron chi connectivity index (χ3n) is 4.59. The van der Waals surface area contributed by atoms with E-state index in [4.69, 9.17) is 4.74 Å². The Bertz CT molecular complexity index is 466. The zero-order valence-corrected chi connectivity index (χ0v) is 13.1. The van der Waals surface area contributed by atoms with E-state index in [1.807, 2.05) is 0 Å². The SMILES string of the molecule is C[Si](C)(C)c1cccc(C2(O)CC3CCC(C2)O3)c1. The van der Waals surface area contributed by atoms with Crippen molar-refractivity contribution < 1.29 is 9.84 Å². The summed E-state index contributed by atoms with van der Waals surface area (Å²) in [6, 6.07) is 8.66. The van der Waals surface area contributed by atoms with Gasteiger partial charge in [0.2, 0.25) is 0 Å². The van der Waals surface area contributed by atoms with Crippen LogP contribution in [0.5, 0.6) is 0 Å². The minimum absolute atomic E-state index is 0.263. The van der Waals surface area contributed by atoms with E-state index in [1.54, 1.807) is 0 Å². The number of rotatable bonds is 2. The summed E-state index contributed by atoms with van der Waals surface area (Å²) in [5.74, 6) is 0. The average Bonchev–Trinajstić information content (AvgIpc) is 2.68. The third-order valence-corrected chi connectivity index (χ3v) is 6.64. The first kappa shape index (κ1) is 13.3. The van der Waals surface area contributed by atoms with Crippen LogP contribution in [0.3, 0.4) is 0 Å². The van der Waals surface area contributed by atoms with Crippen molar-refractivity contribution in [2.24, 2.45) is 0 Å². The lowest BCUT2D eigenvalue weighted by atomic mass is 9.83. The van der Waals surface area contributed by atoms with E-state index in [9.17, 15) is 5.11 Å². The molecule has 0 aromatic heterocycles. The van der Waals surface area contributed by atoms with Crippen LogP contribution < -0.4 is 5.19 Å². The first-order chi connectivity index (χ1) is 8.87. The fraction of sp³-hybridized carbons (Fsp3) is 0.625. The lowest BCUT2D eigenvalue weighted by Crippen LogP contribution is -2.42. The Labute approximate surface area is 116 Å². The van der Waals surface area contributed by atoms with Gasteiger partial charge in [-0.15, -0.1) is 0 Å². The summed E-state index contributed by atoms with van der Waals surface area (Å²) in [6.45, 7) is 7.05. The molecule has 104 valence electrons. The lowest BCUT2D eigenvalue weighted by molar-refractivity contribution is -0.115. The smallest absolute Gasteiger partial charge is 0.0945 e. The Balaban J connectivity index is 1.93. The monoisotopic (exact) mass is 276 g/mol. The summed E-state index contributed by atoms with van der Waals surface area (Å²) < 4.78 is 5.86. The van der Waals surface area contributed by atoms with Crippen molar-refractivity contribution in [2.75, 3.05) is 0 Å². The largest absolute Gasteiger partial charge is 0.385 e. The second kappa shape index (κ2) is 4.44. The fourth-order valence-corrected chi connectivity index (χ4v) is 4.61. The van der Waals surface area contributed by atoms with Gasteiger partial charge in [-0.3, -0.25) is 0 Å². The van der Waals surface area contributed by atoms with E-state index in [-0.39, 0.29) is 12.2 Å². The molecule has 19 heavy (non-hydrogen) atoms. The Kier molecular flexibility index (Phi) is 3.12. The molecular formula is C16H24O2Si. The molecular weight excluding hydrogens is 252 g/mol. The van der Waals surface area contributed by atoms with E-state index < -0.39 is 13.7 Å². The van der Waals surface area contributed by atoms with Crippen molar-refractivity contribution in [3.63, 3.8) is 0 Å². The zero-order chi connectivity index (χ0) is 13.7. The molecule has 0 amide bonds. The van der Waals surface area contributed by atoms with Gasteiger partial charge in [0.15, 0.2) is 0 Å². The summed E-state index contributed by atoms with van der Waals surface area (Å²) in [5.41, 5.74) is 0.437. The highest BCUT2D eigenvalue weighted by Gasteiger charge is 2.44. The van der Waals surface area contributed by atoms with Crippen LogP contribution in [0.4, 0.5) is 0 Å². The summed E-state index contributed by atoms with van der Waals surface area (Å²) in [7, 11) is -1.32. The summed E-state index contributed by atoms with van der Waals surface area (Å²) in [5, 5.41) is 12.5. The molecule has 0 spiro atoms. The molecule has 1 aromatic carbocycles. The molecule has 2 aliphatic heterocycles. The minimum Gasteiger partial charge on any atom is -0.385 e. The molecule has 3 heteroatoms. The average molecular weight is 276 g/mol. The molecule has 2 heterocycles. The van der Waals surface area contributed by atoms with Gasteiger partial charge in [-0.05, 0) is 18.4 Å². The number of hydrogen-bond donors (Lipinski definition) is 1. The van der Waals surface area contributed by atoms with Crippen LogP contribution in [0.25, 0.3) is 0 Å². The summed E-state index contributed by atoms with van der Waals surface area (Å²) in [4.78, 5) is 0. The molecule has 2 atom stereocenters. The Morgan fingerprint density at radius 1 is 1.16 bits per heavy atom. The first-order valence-corrected chi connectivity index (χ1v) is 10.9. The van der Waals surface area contributed by atoms with E-state index in [1.165, 1.54) is 5.19 Å². The molecule has 0 aliphatic carbocycles. The van der Waals surface area contributed by atoms with Crippen LogP contribution >= 0.6 is 0 Å². The van der Waals surface area contributed by atoms with Crippen LogP contribution in [-0.4, -0.2) is 25.4 Å². The number of benzene rings is 1. The van der Waals surface area contributed by atoms with Gasteiger partial charge in [0.1, 0.15) is 0 Å². The third kappa shape index (κ3) is 2.51. The van der Waals surface area contributed by atoms with Crippen molar-refractivity contribution >= 4 is 13.3 Å². The van der Waals surface area contributed by atoms with E-state index in [2.05, 4.69) is 43.9 Å². The standard InChI is InChI=1S/C16H24O2Si/c1-19(2,3)15-6-4-5-12(9-15)16(17)10-13-7-8-14(11-16)18-13/h4-6,9,13-14,17H,7-8,10-11H2,1-3H3. The van der Waals surface area contributed by atoms with Crippen molar-refractivity contribution in [1.82, 2.24) is 0 Å². The maximum Gasteiger partial charge on any atom is 0.0945 e. The number of fused-ring (bicyclic) bond motifs is 2. The molecule has 2 fully saturated rings. The highest BCUT2D eigenvalue weighted by molar-refractivity contribution is 6.88. The first-order valence-electron chi connectivity index (χ1n) is 7.36. The highest BCUT2D eigenvalue weighted by Crippen LogP contribution is 2.43. The molecule has 3 rings (SSSR count). The molecule has 2 saturated heterocycles. The van der Waals surface area contributed by atoms with Crippen LogP contribution in [0.15, 0.2) is 24.3 Å². The van der Waals surface area contributed by atoms with Gasteiger partial charge in [0, 0.05) is 12.8 Å². The predicted octanol–water partition coefficient (Wildman–Crippen LogP) is 2.76. The van der Waals surface area contributed by atoms with Crippen LogP contribution in [0.1, 0.15) is 31.2 Å². The van der Waals surface area contributed by atoms with Crippen LogP contribution in [0.2, 0.25) is 19.6 Å². The number of hydrogen-bond acceptors (Lipinski definition) is 2. The molecule has 1 aromatic rings. The minimum atomic E-state index is -1.32. The molecule has 0 radical (unpaired) electrons. The van der Waals surface area contributed by atoms with Crippen molar-refractivity contribution in [1.29, 1.82) is 0 Å². The molecule has 1 N–H and O–H groups in total. The molecule has 2 bridgehead atoms. The number of ether oxygens (including phenoxy) is 1. The Morgan fingerprint density at radius 3 is 2.37 bits per heavy atom. The Hall–Kier alpha value is -0.643. The molecule has 0 saturated carbocycles. The second-order valence-corrected chi connectivity index (χ2v) is 12.3. The summed E-state index contributed by atoms with van der Waals surface area (Å²) in [6.07, 6.45) is 4.28. The maximum absolute atomic E-state index is 11.0. The van der Waals surface area contributed by atoms with Crippen molar-refractivity contribution in [2.45, 2.75) is 63.1 Å². The van der Waals surface area contributed by atoms with E-state index >= 15 is 0 Å². The van der Waals surface area contributed by atoms with Gasteiger partial charge < -0.3 is 9.84 Å².